The third-order valence-corrected chi connectivity index (χ3v) is 7.46. The SMILES string of the molecule is Cc1cc(Br)ccc1NC(=O)CNC(=O)CCNC(=O)NC12CC3CC(CC(C3)C1)C2. The van der Waals surface area contributed by atoms with E-state index in [4.69, 9.17) is 0 Å². The average Bonchev–Trinajstić information content (AvgIpc) is 2.67. The van der Waals surface area contributed by atoms with Gasteiger partial charge >= 0.3 is 6.03 Å². The molecule has 0 unspecified atom stereocenters. The molecule has 4 aliphatic carbocycles. The van der Waals surface area contributed by atoms with Crippen LogP contribution in [0.15, 0.2) is 22.7 Å². The van der Waals surface area contributed by atoms with Gasteiger partial charge in [0, 0.05) is 28.7 Å². The third kappa shape index (κ3) is 5.59. The van der Waals surface area contributed by atoms with Crippen LogP contribution in [0.4, 0.5) is 10.5 Å². The van der Waals surface area contributed by atoms with Crippen LogP contribution in [-0.4, -0.2) is 36.5 Å². The molecular weight excluding hydrogens is 460 g/mol. The van der Waals surface area contributed by atoms with Crippen molar-refractivity contribution in [3.05, 3.63) is 28.2 Å². The van der Waals surface area contributed by atoms with E-state index in [0.29, 0.717) is 5.69 Å². The number of hydrogen-bond acceptors (Lipinski definition) is 3. The second-order valence-corrected chi connectivity index (χ2v) is 10.5. The fourth-order valence-corrected chi connectivity index (χ4v) is 6.54. The van der Waals surface area contributed by atoms with Crippen LogP contribution in [0.3, 0.4) is 0 Å². The van der Waals surface area contributed by atoms with Gasteiger partial charge in [0.25, 0.3) is 0 Å². The molecule has 4 bridgehead atoms. The maximum absolute atomic E-state index is 12.4. The highest BCUT2D eigenvalue weighted by atomic mass is 79.9. The zero-order valence-corrected chi connectivity index (χ0v) is 19.5. The predicted octanol–water partition coefficient (Wildman–Crippen LogP) is 3.47. The van der Waals surface area contributed by atoms with Crippen molar-refractivity contribution in [3.8, 4) is 0 Å². The molecule has 4 fully saturated rings. The fraction of sp³-hybridized carbons (Fsp3) is 0.609. The molecule has 8 heteroatoms. The molecule has 0 radical (unpaired) electrons. The first-order chi connectivity index (χ1) is 14.8. The molecule has 4 saturated carbocycles. The lowest BCUT2D eigenvalue weighted by Gasteiger charge is -2.56. The zero-order valence-electron chi connectivity index (χ0n) is 17.9. The van der Waals surface area contributed by atoms with Crippen LogP contribution in [0, 0.1) is 24.7 Å². The summed E-state index contributed by atoms with van der Waals surface area (Å²) >= 11 is 3.39. The van der Waals surface area contributed by atoms with E-state index < -0.39 is 0 Å². The van der Waals surface area contributed by atoms with Crippen LogP contribution in [0.5, 0.6) is 0 Å². The second kappa shape index (κ2) is 9.18. The van der Waals surface area contributed by atoms with Crippen LogP contribution in [0.2, 0.25) is 0 Å². The highest BCUT2D eigenvalue weighted by molar-refractivity contribution is 9.10. The average molecular weight is 491 g/mol. The molecule has 0 atom stereocenters. The minimum atomic E-state index is -0.286. The summed E-state index contributed by atoms with van der Waals surface area (Å²) < 4.78 is 0.941. The van der Waals surface area contributed by atoms with Gasteiger partial charge in [0.05, 0.1) is 6.54 Å². The van der Waals surface area contributed by atoms with Crippen molar-refractivity contribution >= 4 is 39.5 Å². The number of amides is 4. The van der Waals surface area contributed by atoms with Crippen LogP contribution >= 0.6 is 15.9 Å². The quantitative estimate of drug-likeness (QED) is 0.470. The second-order valence-electron chi connectivity index (χ2n) is 9.61. The lowest BCUT2D eigenvalue weighted by Crippen LogP contribution is -2.61. The molecule has 31 heavy (non-hydrogen) atoms. The van der Waals surface area contributed by atoms with Crippen LogP contribution in [-0.2, 0) is 9.59 Å². The summed E-state index contributed by atoms with van der Waals surface area (Å²) in [6.45, 7) is 2.05. The Hall–Kier alpha value is -2.09. The summed E-state index contributed by atoms with van der Waals surface area (Å²) in [5, 5.41) is 11.4. The van der Waals surface area contributed by atoms with Crippen LogP contribution in [0.25, 0.3) is 0 Å². The Bertz CT molecular complexity index is 837. The molecule has 4 aliphatic rings. The van der Waals surface area contributed by atoms with Crippen molar-refractivity contribution in [2.24, 2.45) is 17.8 Å². The Morgan fingerprint density at radius 2 is 1.65 bits per heavy atom. The Morgan fingerprint density at radius 1 is 1.00 bits per heavy atom. The Morgan fingerprint density at radius 3 is 2.26 bits per heavy atom. The molecule has 0 aliphatic heterocycles. The summed E-state index contributed by atoms with van der Waals surface area (Å²) in [4.78, 5) is 36.5. The van der Waals surface area contributed by atoms with E-state index in [1.165, 1.54) is 19.3 Å². The monoisotopic (exact) mass is 490 g/mol. The van der Waals surface area contributed by atoms with Gasteiger partial charge in [0.15, 0.2) is 0 Å². The maximum atomic E-state index is 12.4. The highest BCUT2D eigenvalue weighted by Gasteiger charge is 2.51. The number of anilines is 1. The molecule has 0 spiro atoms. The largest absolute Gasteiger partial charge is 0.347 e. The predicted molar refractivity (Wildman–Crippen MR) is 123 cm³/mol. The Labute approximate surface area is 191 Å². The lowest BCUT2D eigenvalue weighted by atomic mass is 9.53. The maximum Gasteiger partial charge on any atom is 0.315 e. The number of carbonyl (C=O) groups excluding carboxylic acids is 3. The number of halogens is 1. The van der Waals surface area contributed by atoms with Crippen molar-refractivity contribution in [2.45, 2.75) is 57.4 Å². The highest BCUT2D eigenvalue weighted by Crippen LogP contribution is 2.55. The lowest BCUT2D eigenvalue weighted by molar-refractivity contribution is -0.124. The van der Waals surface area contributed by atoms with E-state index in [1.807, 2.05) is 25.1 Å². The van der Waals surface area contributed by atoms with Crippen molar-refractivity contribution < 1.29 is 14.4 Å². The van der Waals surface area contributed by atoms with Crippen LogP contribution in [0.1, 0.15) is 50.5 Å². The zero-order chi connectivity index (χ0) is 22.0. The number of carbonyl (C=O) groups is 3. The van der Waals surface area contributed by atoms with Gasteiger partial charge in [0.2, 0.25) is 11.8 Å². The van der Waals surface area contributed by atoms with Crippen molar-refractivity contribution in [3.63, 3.8) is 0 Å². The molecular formula is C23H31BrN4O3. The number of nitrogens with one attached hydrogen (secondary N) is 4. The number of urea groups is 1. The first-order valence-electron chi connectivity index (χ1n) is 11.2. The van der Waals surface area contributed by atoms with E-state index in [2.05, 4.69) is 37.2 Å². The summed E-state index contributed by atoms with van der Waals surface area (Å²) in [5.74, 6) is 1.75. The molecule has 0 saturated heterocycles. The van der Waals surface area contributed by atoms with E-state index >= 15 is 0 Å². The van der Waals surface area contributed by atoms with E-state index in [0.717, 1.165) is 47.1 Å². The van der Waals surface area contributed by atoms with Gasteiger partial charge in [-0.05, 0) is 87.0 Å². The summed E-state index contributed by atoms with van der Waals surface area (Å²) in [6.07, 6.45) is 7.42. The Balaban J connectivity index is 1.13. The fourth-order valence-electron chi connectivity index (χ4n) is 6.07. The van der Waals surface area contributed by atoms with Crippen molar-refractivity contribution in [1.29, 1.82) is 0 Å². The Kier molecular flexibility index (Phi) is 6.55. The van der Waals surface area contributed by atoms with Crippen LogP contribution < -0.4 is 21.3 Å². The van der Waals surface area contributed by atoms with Gasteiger partial charge in [-0.3, -0.25) is 9.59 Å². The van der Waals surface area contributed by atoms with Gasteiger partial charge in [0.1, 0.15) is 0 Å². The van der Waals surface area contributed by atoms with E-state index in [9.17, 15) is 14.4 Å². The molecule has 7 nitrogen and oxygen atoms in total. The number of rotatable bonds is 7. The number of benzene rings is 1. The molecule has 5 rings (SSSR count). The minimum Gasteiger partial charge on any atom is -0.347 e. The van der Waals surface area contributed by atoms with Gasteiger partial charge in [-0.15, -0.1) is 0 Å². The third-order valence-electron chi connectivity index (χ3n) is 6.96. The van der Waals surface area contributed by atoms with E-state index in [1.54, 1.807) is 0 Å². The molecule has 4 N–H and O–H groups in total. The topological polar surface area (TPSA) is 99.3 Å². The minimum absolute atomic E-state index is 0.0374. The smallest absolute Gasteiger partial charge is 0.315 e. The first kappa shape index (κ1) is 22.1. The number of hydrogen-bond donors (Lipinski definition) is 4. The van der Waals surface area contributed by atoms with Gasteiger partial charge in [-0.2, -0.15) is 0 Å². The molecule has 168 valence electrons. The summed E-state index contributed by atoms with van der Waals surface area (Å²) in [7, 11) is 0. The molecule has 1 aromatic rings. The van der Waals surface area contributed by atoms with Gasteiger partial charge in [-0.1, -0.05) is 15.9 Å². The molecule has 0 aromatic heterocycles. The van der Waals surface area contributed by atoms with Crippen molar-refractivity contribution in [1.82, 2.24) is 16.0 Å². The standard InChI is InChI=1S/C23H31BrN4O3/c1-14-6-18(24)2-3-19(14)27-21(30)13-26-20(29)4-5-25-22(31)28-23-10-15-7-16(11-23)9-17(8-15)12-23/h2-3,6,15-17H,4-5,7-13H2,1H3,(H,26,29)(H,27,30)(H2,25,28,31). The number of aryl methyl sites for hydroxylation is 1. The summed E-state index contributed by atoms with van der Waals surface area (Å²) in [6, 6.07) is 5.39. The normalized spacial score (nSPS) is 28.1. The van der Waals surface area contributed by atoms with Gasteiger partial charge < -0.3 is 21.3 Å². The molecule has 0 heterocycles. The molecule has 4 amide bonds. The van der Waals surface area contributed by atoms with E-state index in [-0.39, 0.29) is 42.9 Å². The first-order valence-corrected chi connectivity index (χ1v) is 12.0. The van der Waals surface area contributed by atoms with Crippen molar-refractivity contribution in [2.75, 3.05) is 18.4 Å². The van der Waals surface area contributed by atoms with Gasteiger partial charge in [-0.25, -0.2) is 4.79 Å². The molecule has 1 aromatic carbocycles. The summed E-state index contributed by atoms with van der Waals surface area (Å²) in [5.41, 5.74) is 1.61.